The molecular formula is C30H26F3NO3. The highest BCUT2D eigenvalue weighted by molar-refractivity contribution is 5.90. The Bertz CT molecular complexity index is 1440. The van der Waals surface area contributed by atoms with Gasteiger partial charge in [-0.15, -0.1) is 0 Å². The number of carboxylic acid groups (broad SMARTS) is 1. The number of alkyl halides is 3. The number of halogens is 3. The van der Waals surface area contributed by atoms with Crippen LogP contribution in [0.2, 0.25) is 0 Å². The van der Waals surface area contributed by atoms with E-state index in [2.05, 4.69) is 36.5 Å². The van der Waals surface area contributed by atoms with Gasteiger partial charge in [-0.3, -0.25) is 0 Å². The lowest BCUT2D eigenvalue weighted by Gasteiger charge is -2.34. The summed E-state index contributed by atoms with van der Waals surface area (Å²) >= 11 is 0. The normalized spacial score (nSPS) is 18.2. The van der Waals surface area contributed by atoms with E-state index in [1.807, 2.05) is 42.5 Å². The highest BCUT2D eigenvalue weighted by atomic mass is 19.4. The average Bonchev–Trinajstić information content (AvgIpc) is 2.90. The Hall–Kier alpha value is -3.84. The molecule has 1 aliphatic heterocycles. The lowest BCUT2D eigenvalue weighted by molar-refractivity contribution is -0.138. The molecule has 1 aliphatic rings. The maximum Gasteiger partial charge on any atom is 0.417 e. The summed E-state index contributed by atoms with van der Waals surface area (Å²) in [7, 11) is 0. The van der Waals surface area contributed by atoms with Crippen LogP contribution in [0, 0.1) is 0 Å². The van der Waals surface area contributed by atoms with Crippen molar-refractivity contribution in [3.63, 3.8) is 0 Å². The first-order chi connectivity index (χ1) is 17.7. The molecule has 0 aromatic heterocycles. The van der Waals surface area contributed by atoms with E-state index in [1.54, 1.807) is 0 Å². The fraction of sp³-hybridized carbons (Fsp3) is 0.233. The van der Waals surface area contributed by atoms with E-state index < -0.39 is 23.3 Å². The van der Waals surface area contributed by atoms with Crippen molar-refractivity contribution in [2.24, 2.45) is 0 Å². The number of carbonyl (C=O) groups is 1. The van der Waals surface area contributed by atoms with Crippen LogP contribution in [0.15, 0.2) is 84.9 Å². The minimum Gasteiger partial charge on any atom is -0.489 e. The molecule has 3 unspecified atom stereocenters. The monoisotopic (exact) mass is 505 g/mol. The van der Waals surface area contributed by atoms with E-state index in [0.29, 0.717) is 24.3 Å². The molecule has 0 bridgehead atoms. The largest absolute Gasteiger partial charge is 0.489 e. The summed E-state index contributed by atoms with van der Waals surface area (Å²) in [6.45, 7) is 2.57. The first-order valence-electron chi connectivity index (χ1n) is 12.1. The van der Waals surface area contributed by atoms with Crippen molar-refractivity contribution in [1.29, 1.82) is 0 Å². The van der Waals surface area contributed by atoms with Gasteiger partial charge >= 0.3 is 12.1 Å². The van der Waals surface area contributed by atoms with Gasteiger partial charge in [0.15, 0.2) is 0 Å². The highest BCUT2D eigenvalue weighted by Gasteiger charge is 2.37. The zero-order valence-corrected chi connectivity index (χ0v) is 20.1. The highest BCUT2D eigenvalue weighted by Crippen LogP contribution is 2.42. The van der Waals surface area contributed by atoms with Gasteiger partial charge in [0.1, 0.15) is 11.9 Å². The van der Waals surface area contributed by atoms with Crippen molar-refractivity contribution in [3.05, 3.63) is 113 Å². The van der Waals surface area contributed by atoms with E-state index in [-0.39, 0.29) is 18.1 Å². The van der Waals surface area contributed by atoms with E-state index in [9.17, 15) is 23.1 Å². The number of fused-ring (bicyclic) bond motifs is 2. The zero-order chi connectivity index (χ0) is 26.2. The summed E-state index contributed by atoms with van der Waals surface area (Å²) in [6, 6.07) is 25.2. The molecule has 0 aliphatic carbocycles. The van der Waals surface area contributed by atoms with Gasteiger partial charge < -0.3 is 15.2 Å². The number of nitrogens with one attached hydrogen (secondary N) is 1. The van der Waals surface area contributed by atoms with Gasteiger partial charge in [-0.05, 0) is 53.4 Å². The Labute approximate surface area is 212 Å². The summed E-state index contributed by atoms with van der Waals surface area (Å²) in [4.78, 5) is 11.4. The van der Waals surface area contributed by atoms with Crippen LogP contribution in [-0.4, -0.2) is 23.7 Å². The number of benzene rings is 4. The quantitative estimate of drug-likeness (QED) is 0.291. The molecule has 2 N–H and O–H groups in total. The number of aromatic carboxylic acids is 1. The molecule has 37 heavy (non-hydrogen) atoms. The topological polar surface area (TPSA) is 58.6 Å². The molecule has 1 heterocycles. The molecule has 0 fully saturated rings. The van der Waals surface area contributed by atoms with Crippen LogP contribution in [0.5, 0.6) is 5.75 Å². The average molecular weight is 506 g/mol. The maximum atomic E-state index is 13.7. The zero-order valence-electron chi connectivity index (χ0n) is 20.1. The Morgan fingerprint density at radius 1 is 1.03 bits per heavy atom. The van der Waals surface area contributed by atoms with Crippen molar-refractivity contribution in [1.82, 2.24) is 5.32 Å². The second kappa shape index (κ2) is 9.90. The minimum absolute atomic E-state index is 0.0250. The van der Waals surface area contributed by atoms with Crippen molar-refractivity contribution in [2.45, 2.75) is 37.6 Å². The first kappa shape index (κ1) is 24.8. The molecule has 0 radical (unpaired) electrons. The number of hydrogen-bond acceptors (Lipinski definition) is 3. The molecule has 3 atom stereocenters. The van der Waals surface area contributed by atoms with E-state index in [4.69, 9.17) is 4.74 Å². The fourth-order valence-corrected chi connectivity index (χ4v) is 5.18. The van der Waals surface area contributed by atoms with Gasteiger partial charge in [-0.2, -0.15) is 13.2 Å². The maximum absolute atomic E-state index is 13.7. The summed E-state index contributed by atoms with van der Waals surface area (Å²) in [6.07, 6.45) is -4.61. The Morgan fingerprint density at radius 3 is 2.54 bits per heavy atom. The Balaban J connectivity index is 1.42. The molecule has 0 amide bonds. The molecule has 0 saturated carbocycles. The standard InChI is InChI=1S/C30H26F3NO3/c1-18(22-11-6-8-19-7-2-3-9-23(19)22)34-17-21-16-26(24-10-4-5-12-28(24)37-21)20-13-14-25(29(35)36)27(15-20)30(31,32)33/h2-15,18,21,26,34H,16-17H2,1H3,(H,35,36). The molecule has 4 aromatic rings. The third kappa shape index (κ3) is 5.04. The number of hydrogen-bond donors (Lipinski definition) is 2. The lowest BCUT2D eigenvalue weighted by Crippen LogP contribution is -2.37. The summed E-state index contributed by atoms with van der Waals surface area (Å²) in [5.41, 5.74) is 0.474. The molecule has 7 heteroatoms. The molecule has 4 aromatic carbocycles. The minimum atomic E-state index is -4.77. The second-order valence-electron chi connectivity index (χ2n) is 9.37. The van der Waals surface area contributed by atoms with Gasteiger partial charge in [0.05, 0.1) is 11.1 Å². The Morgan fingerprint density at radius 2 is 1.76 bits per heavy atom. The van der Waals surface area contributed by atoms with Crippen LogP contribution in [0.1, 0.15) is 57.9 Å². The van der Waals surface area contributed by atoms with Crippen LogP contribution < -0.4 is 10.1 Å². The SMILES string of the molecule is CC(NCC1CC(c2ccc(C(=O)O)c(C(F)(F)F)c2)c2ccccc2O1)c1cccc2ccccc12. The predicted octanol–water partition coefficient (Wildman–Crippen LogP) is 7.19. The van der Waals surface area contributed by atoms with Gasteiger partial charge in [0.2, 0.25) is 0 Å². The number of carboxylic acids is 1. The van der Waals surface area contributed by atoms with Gasteiger partial charge in [-0.25, -0.2) is 4.79 Å². The Kier molecular flexibility index (Phi) is 6.65. The van der Waals surface area contributed by atoms with Gasteiger partial charge in [0.25, 0.3) is 0 Å². The smallest absolute Gasteiger partial charge is 0.417 e. The molecule has 0 saturated heterocycles. The first-order valence-corrected chi connectivity index (χ1v) is 12.1. The third-order valence-electron chi connectivity index (χ3n) is 7.01. The van der Waals surface area contributed by atoms with E-state index in [0.717, 1.165) is 34.0 Å². The van der Waals surface area contributed by atoms with Crippen molar-refractivity contribution in [3.8, 4) is 5.75 Å². The molecule has 190 valence electrons. The van der Waals surface area contributed by atoms with Crippen LogP contribution >= 0.6 is 0 Å². The third-order valence-corrected chi connectivity index (χ3v) is 7.01. The molecule has 5 rings (SSSR count). The fourth-order valence-electron chi connectivity index (χ4n) is 5.18. The van der Waals surface area contributed by atoms with Crippen LogP contribution in [0.25, 0.3) is 10.8 Å². The number of ether oxygens (including phenoxy) is 1. The summed E-state index contributed by atoms with van der Waals surface area (Å²) < 4.78 is 47.4. The van der Waals surface area contributed by atoms with Gasteiger partial charge in [0, 0.05) is 24.1 Å². The number of para-hydroxylation sites is 1. The summed E-state index contributed by atoms with van der Waals surface area (Å²) in [5.74, 6) is -1.34. The number of rotatable bonds is 6. The van der Waals surface area contributed by atoms with Crippen molar-refractivity contribution in [2.75, 3.05) is 6.54 Å². The van der Waals surface area contributed by atoms with E-state index in [1.165, 1.54) is 6.07 Å². The molecule has 4 nitrogen and oxygen atoms in total. The molecular weight excluding hydrogens is 479 g/mol. The van der Waals surface area contributed by atoms with Crippen LogP contribution in [0.3, 0.4) is 0 Å². The van der Waals surface area contributed by atoms with Crippen LogP contribution in [0.4, 0.5) is 13.2 Å². The second-order valence-corrected chi connectivity index (χ2v) is 9.37. The van der Waals surface area contributed by atoms with Crippen molar-refractivity contribution < 1.29 is 27.8 Å². The predicted molar refractivity (Wildman–Crippen MR) is 136 cm³/mol. The van der Waals surface area contributed by atoms with E-state index >= 15 is 0 Å². The van der Waals surface area contributed by atoms with Crippen LogP contribution in [-0.2, 0) is 6.18 Å². The molecule has 0 spiro atoms. The summed E-state index contributed by atoms with van der Waals surface area (Å²) in [5, 5.41) is 15.1. The van der Waals surface area contributed by atoms with Crippen molar-refractivity contribution >= 4 is 16.7 Å². The van der Waals surface area contributed by atoms with Gasteiger partial charge in [-0.1, -0.05) is 66.7 Å². The lowest BCUT2D eigenvalue weighted by atomic mass is 9.83.